The minimum atomic E-state index is 0.315. The monoisotopic (exact) mass is 341 g/mol. The van der Waals surface area contributed by atoms with Gasteiger partial charge in [-0.3, -0.25) is 4.90 Å². The fourth-order valence-electron chi connectivity index (χ4n) is 3.74. The van der Waals surface area contributed by atoms with Gasteiger partial charge in [-0.2, -0.15) is 0 Å². The molecule has 1 atom stereocenters. The third kappa shape index (κ3) is 3.12. The normalized spacial score (nSPS) is 19.2. The molecule has 25 heavy (non-hydrogen) atoms. The number of hydrogen-bond acceptors (Lipinski definition) is 5. The van der Waals surface area contributed by atoms with Gasteiger partial charge in [0.05, 0.1) is 14.2 Å². The van der Waals surface area contributed by atoms with E-state index in [-0.39, 0.29) is 0 Å². The molecule has 4 rings (SSSR count). The van der Waals surface area contributed by atoms with Crippen molar-refractivity contribution in [2.75, 3.05) is 34.1 Å². The Bertz CT molecular complexity index is 761. The number of methoxy groups -OCH3 is 2. The van der Waals surface area contributed by atoms with Gasteiger partial charge in [-0.05, 0) is 37.2 Å². The number of nitrogens with zero attached hydrogens (tertiary/aromatic N) is 1. The lowest BCUT2D eigenvalue weighted by atomic mass is 9.97. The highest BCUT2D eigenvalue weighted by Gasteiger charge is 2.28. The lowest BCUT2D eigenvalue weighted by Gasteiger charge is -2.19. The molecule has 0 bridgehead atoms. The van der Waals surface area contributed by atoms with Crippen LogP contribution in [0.1, 0.15) is 23.5 Å². The first-order valence-corrected chi connectivity index (χ1v) is 8.60. The molecule has 0 N–H and O–H groups in total. The zero-order chi connectivity index (χ0) is 17.2. The van der Waals surface area contributed by atoms with Gasteiger partial charge in [-0.25, -0.2) is 0 Å². The summed E-state index contributed by atoms with van der Waals surface area (Å²) in [5, 5.41) is 0. The first-order chi connectivity index (χ1) is 12.3. The summed E-state index contributed by atoms with van der Waals surface area (Å²) in [6.45, 7) is 3.23. The van der Waals surface area contributed by atoms with Gasteiger partial charge in [0.2, 0.25) is 6.79 Å². The molecule has 5 nitrogen and oxygen atoms in total. The van der Waals surface area contributed by atoms with Crippen molar-refractivity contribution in [3.63, 3.8) is 0 Å². The van der Waals surface area contributed by atoms with Crippen molar-refractivity contribution >= 4 is 0 Å². The maximum absolute atomic E-state index is 5.63. The lowest BCUT2D eigenvalue weighted by Crippen LogP contribution is -2.20. The average Bonchev–Trinajstić information content (AvgIpc) is 3.31. The fourth-order valence-corrected chi connectivity index (χ4v) is 3.74. The van der Waals surface area contributed by atoms with Crippen molar-refractivity contribution in [1.29, 1.82) is 0 Å². The van der Waals surface area contributed by atoms with E-state index < -0.39 is 0 Å². The average molecular weight is 341 g/mol. The van der Waals surface area contributed by atoms with Gasteiger partial charge in [0, 0.05) is 30.1 Å². The molecule has 0 radical (unpaired) electrons. The van der Waals surface area contributed by atoms with Gasteiger partial charge in [-0.15, -0.1) is 0 Å². The molecule has 0 saturated carbocycles. The number of para-hydroxylation sites is 1. The topological polar surface area (TPSA) is 40.2 Å². The number of ether oxygens (including phenoxy) is 4. The second-order valence-electron chi connectivity index (χ2n) is 6.48. The fraction of sp³-hybridized carbons (Fsp3) is 0.400. The number of benzene rings is 2. The zero-order valence-corrected chi connectivity index (χ0v) is 14.7. The Morgan fingerprint density at radius 1 is 1.12 bits per heavy atom. The maximum Gasteiger partial charge on any atom is 0.231 e. The Morgan fingerprint density at radius 2 is 2.04 bits per heavy atom. The summed E-state index contributed by atoms with van der Waals surface area (Å²) in [6, 6.07) is 12.1. The van der Waals surface area contributed by atoms with Crippen LogP contribution in [0.3, 0.4) is 0 Å². The van der Waals surface area contributed by atoms with Crippen molar-refractivity contribution in [3.8, 4) is 23.0 Å². The van der Waals surface area contributed by atoms with E-state index in [4.69, 9.17) is 18.9 Å². The summed E-state index contributed by atoms with van der Waals surface area (Å²) in [5.41, 5.74) is 2.41. The molecule has 0 aromatic heterocycles. The van der Waals surface area contributed by atoms with E-state index in [1.54, 1.807) is 14.2 Å². The highest BCUT2D eigenvalue weighted by atomic mass is 16.7. The second-order valence-corrected chi connectivity index (χ2v) is 6.48. The molecular formula is C20H23NO4. The Labute approximate surface area is 148 Å². The summed E-state index contributed by atoms with van der Waals surface area (Å²) < 4.78 is 22.1. The molecule has 2 heterocycles. The van der Waals surface area contributed by atoms with E-state index in [2.05, 4.69) is 17.0 Å². The molecular weight excluding hydrogens is 318 g/mol. The summed E-state index contributed by atoms with van der Waals surface area (Å²) in [7, 11) is 3.42. The molecule has 1 saturated heterocycles. The number of likely N-dealkylation sites (tertiary alicyclic amines) is 1. The van der Waals surface area contributed by atoms with Crippen molar-refractivity contribution < 1.29 is 18.9 Å². The SMILES string of the molecule is COc1ccc(OC)c([C@@H]2CCN(Cc3cccc4c3OCO4)C2)c1. The molecule has 2 aliphatic rings. The third-order valence-electron chi connectivity index (χ3n) is 5.02. The molecule has 2 aromatic carbocycles. The summed E-state index contributed by atoms with van der Waals surface area (Å²) in [4.78, 5) is 2.46. The molecule has 2 aliphatic heterocycles. The van der Waals surface area contributed by atoms with Crippen LogP contribution in [-0.2, 0) is 6.54 Å². The largest absolute Gasteiger partial charge is 0.497 e. The predicted molar refractivity (Wildman–Crippen MR) is 94.7 cm³/mol. The molecule has 0 spiro atoms. The van der Waals surface area contributed by atoms with Crippen LogP contribution in [0.5, 0.6) is 23.0 Å². The molecule has 2 aromatic rings. The van der Waals surface area contributed by atoms with E-state index in [9.17, 15) is 0 Å². The standard InChI is InChI=1S/C20H23NO4/c1-22-16-6-7-18(23-2)17(10-16)14-8-9-21(11-14)12-15-4-3-5-19-20(15)25-13-24-19/h3-7,10,14H,8-9,11-13H2,1-2H3/t14-/m1/s1. The van der Waals surface area contributed by atoms with Crippen LogP contribution in [0.25, 0.3) is 0 Å². The van der Waals surface area contributed by atoms with Gasteiger partial charge >= 0.3 is 0 Å². The van der Waals surface area contributed by atoms with E-state index in [1.165, 1.54) is 11.1 Å². The van der Waals surface area contributed by atoms with E-state index >= 15 is 0 Å². The smallest absolute Gasteiger partial charge is 0.231 e. The van der Waals surface area contributed by atoms with Gasteiger partial charge in [-0.1, -0.05) is 12.1 Å². The first-order valence-electron chi connectivity index (χ1n) is 8.60. The van der Waals surface area contributed by atoms with E-state index in [0.717, 1.165) is 49.1 Å². The predicted octanol–water partition coefficient (Wildman–Crippen LogP) is 3.42. The van der Waals surface area contributed by atoms with Crippen LogP contribution >= 0.6 is 0 Å². The van der Waals surface area contributed by atoms with Crippen LogP contribution in [0.15, 0.2) is 36.4 Å². The van der Waals surface area contributed by atoms with Gasteiger partial charge in [0.1, 0.15) is 11.5 Å². The maximum atomic E-state index is 5.63. The molecule has 0 aliphatic carbocycles. The van der Waals surface area contributed by atoms with Crippen LogP contribution in [-0.4, -0.2) is 39.0 Å². The second kappa shape index (κ2) is 6.84. The molecule has 1 fully saturated rings. The Balaban J connectivity index is 1.50. The van der Waals surface area contributed by atoms with Gasteiger partial charge < -0.3 is 18.9 Å². The lowest BCUT2D eigenvalue weighted by molar-refractivity contribution is 0.172. The first kappa shape index (κ1) is 16.1. The molecule has 132 valence electrons. The highest BCUT2D eigenvalue weighted by Crippen LogP contribution is 2.39. The van der Waals surface area contributed by atoms with Crippen molar-refractivity contribution in [3.05, 3.63) is 47.5 Å². The minimum Gasteiger partial charge on any atom is -0.497 e. The van der Waals surface area contributed by atoms with Gasteiger partial charge in [0.25, 0.3) is 0 Å². The van der Waals surface area contributed by atoms with Crippen molar-refractivity contribution in [1.82, 2.24) is 4.90 Å². The summed E-state index contributed by atoms with van der Waals surface area (Å²) in [6.07, 6.45) is 1.11. The van der Waals surface area contributed by atoms with Gasteiger partial charge in [0.15, 0.2) is 11.5 Å². The van der Waals surface area contributed by atoms with E-state index in [0.29, 0.717) is 12.7 Å². The van der Waals surface area contributed by atoms with Crippen molar-refractivity contribution in [2.24, 2.45) is 0 Å². The third-order valence-corrected chi connectivity index (χ3v) is 5.02. The quantitative estimate of drug-likeness (QED) is 0.833. The molecule has 5 heteroatoms. The highest BCUT2D eigenvalue weighted by molar-refractivity contribution is 5.48. The summed E-state index contributed by atoms with van der Waals surface area (Å²) >= 11 is 0. The number of rotatable bonds is 5. The van der Waals surface area contributed by atoms with Crippen molar-refractivity contribution in [2.45, 2.75) is 18.9 Å². The minimum absolute atomic E-state index is 0.315. The zero-order valence-electron chi connectivity index (χ0n) is 14.7. The Morgan fingerprint density at radius 3 is 2.88 bits per heavy atom. The Hall–Kier alpha value is -2.40. The van der Waals surface area contributed by atoms with Crippen LogP contribution in [0.2, 0.25) is 0 Å². The number of fused-ring (bicyclic) bond motifs is 1. The van der Waals surface area contributed by atoms with E-state index in [1.807, 2.05) is 24.3 Å². The summed E-state index contributed by atoms with van der Waals surface area (Å²) in [5.74, 6) is 4.00. The number of hydrogen-bond donors (Lipinski definition) is 0. The van der Waals surface area contributed by atoms with Crippen LogP contribution < -0.4 is 18.9 Å². The Kier molecular flexibility index (Phi) is 4.40. The van der Waals surface area contributed by atoms with Crippen LogP contribution in [0.4, 0.5) is 0 Å². The molecule has 0 amide bonds. The molecule has 0 unspecified atom stereocenters. The van der Waals surface area contributed by atoms with Crippen LogP contribution in [0, 0.1) is 0 Å².